The van der Waals surface area contributed by atoms with E-state index < -0.39 is 12.1 Å². The number of nitrogens with one attached hydrogen (secondary N) is 2. The molecule has 2 aliphatic rings. The van der Waals surface area contributed by atoms with Crippen molar-refractivity contribution in [3.63, 3.8) is 0 Å². The van der Waals surface area contributed by atoms with Crippen LogP contribution in [0.25, 0.3) is 0 Å². The van der Waals surface area contributed by atoms with Crippen LogP contribution in [0.4, 0.5) is 13.2 Å². The average Bonchev–Trinajstić information content (AvgIpc) is 3.55. The van der Waals surface area contributed by atoms with E-state index in [1.165, 1.54) is 12.8 Å². The third-order valence-electron chi connectivity index (χ3n) is 4.81. The van der Waals surface area contributed by atoms with Crippen molar-refractivity contribution in [1.29, 1.82) is 0 Å². The number of piperidine rings is 1. The van der Waals surface area contributed by atoms with E-state index in [2.05, 4.69) is 10.6 Å². The first-order valence-electron chi connectivity index (χ1n) is 9.80. The monoisotopic (exact) mass is 432 g/mol. The zero-order chi connectivity index (χ0) is 22.1. The lowest BCUT2D eigenvalue weighted by molar-refractivity contribution is -0.192. The average molecular weight is 432 g/mol. The molecule has 1 amide bonds. The Kier molecular flexibility index (Phi) is 8.76. The molecule has 3 rings (SSSR count). The summed E-state index contributed by atoms with van der Waals surface area (Å²) in [4.78, 5) is 21.3. The van der Waals surface area contributed by atoms with E-state index >= 15 is 0 Å². The lowest BCUT2D eigenvalue weighted by Crippen LogP contribution is -2.35. The standard InChI is InChI=1S/C18H26N2O3.C2HF3O2/c1-22-16-8-15(9-17(10-16)23-12-14-2-3-14)18(21)20-11-13-4-6-19-7-5-13;3-2(4,5)1(6)7/h8-10,13-14,19H,2-7,11-12H2,1H3,(H,20,21);(H,6,7). The Hall–Kier alpha value is -2.49. The Balaban J connectivity index is 0.000000396. The first kappa shape index (κ1) is 23.8. The van der Waals surface area contributed by atoms with Crippen molar-refractivity contribution in [2.75, 3.05) is 33.4 Å². The van der Waals surface area contributed by atoms with Crippen LogP contribution in [0.1, 0.15) is 36.0 Å². The van der Waals surface area contributed by atoms with Crippen LogP contribution in [0.5, 0.6) is 11.5 Å². The number of rotatable bonds is 7. The van der Waals surface area contributed by atoms with Gasteiger partial charge in [-0.15, -0.1) is 0 Å². The molecule has 0 aromatic heterocycles. The summed E-state index contributed by atoms with van der Waals surface area (Å²) in [5.41, 5.74) is 0.601. The van der Waals surface area contributed by atoms with E-state index in [9.17, 15) is 18.0 Å². The molecule has 0 unspecified atom stereocenters. The predicted molar refractivity (Wildman–Crippen MR) is 103 cm³/mol. The van der Waals surface area contributed by atoms with Gasteiger partial charge in [-0.3, -0.25) is 4.79 Å². The van der Waals surface area contributed by atoms with E-state index in [4.69, 9.17) is 19.4 Å². The summed E-state index contributed by atoms with van der Waals surface area (Å²) >= 11 is 0. The summed E-state index contributed by atoms with van der Waals surface area (Å²) in [6.07, 6.45) is -0.358. The molecular formula is C20H27F3N2O5. The molecule has 1 heterocycles. The van der Waals surface area contributed by atoms with Crippen molar-refractivity contribution in [3.8, 4) is 11.5 Å². The molecule has 1 aliphatic carbocycles. The third-order valence-corrected chi connectivity index (χ3v) is 4.81. The van der Waals surface area contributed by atoms with Crippen LogP contribution in [0.3, 0.4) is 0 Å². The van der Waals surface area contributed by atoms with Gasteiger partial charge in [0.05, 0.1) is 13.7 Å². The Labute approximate surface area is 172 Å². The van der Waals surface area contributed by atoms with Crippen LogP contribution in [0.15, 0.2) is 18.2 Å². The molecule has 0 radical (unpaired) electrons. The van der Waals surface area contributed by atoms with Crippen molar-refractivity contribution < 1.29 is 37.3 Å². The molecule has 1 aliphatic heterocycles. The van der Waals surface area contributed by atoms with Crippen molar-refractivity contribution in [2.45, 2.75) is 31.9 Å². The minimum absolute atomic E-state index is 0.0568. The second-order valence-corrected chi connectivity index (χ2v) is 7.36. The number of alkyl halides is 3. The minimum Gasteiger partial charge on any atom is -0.497 e. The number of hydrogen-bond donors (Lipinski definition) is 3. The summed E-state index contributed by atoms with van der Waals surface area (Å²) in [5, 5.41) is 13.5. The van der Waals surface area contributed by atoms with Crippen molar-refractivity contribution >= 4 is 11.9 Å². The number of benzene rings is 1. The number of methoxy groups -OCH3 is 1. The first-order chi connectivity index (χ1) is 14.2. The lowest BCUT2D eigenvalue weighted by atomic mass is 9.98. The molecule has 0 spiro atoms. The number of carbonyl (C=O) groups is 2. The zero-order valence-corrected chi connectivity index (χ0v) is 16.8. The number of halogens is 3. The number of hydrogen-bond acceptors (Lipinski definition) is 5. The summed E-state index contributed by atoms with van der Waals surface area (Å²) in [6, 6.07) is 5.41. The molecule has 0 atom stereocenters. The van der Waals surface area contributed by atoms with Gasteiger partial charge in [-0.2, -0.15) is 13.2 Å². The van der Waals surface area contributed by atoms with Crippen molar-refractivity contribution in [3.05, 3.63) is 23.8 Å². The van der Waals surface area contributed by atoms with Gasteiger partial charge in [-0.1, -0.05) is 0 Å². The third kappa shape index (κ3) is 8.48. The van der Waals surface area contributed by atoms with Crippen LogP contribution in [-0.2, 0) is 4.79 Å². The van der Waals surface area contributed by atoms with E-state index in [1.54, 1.807) is 13.2 Å². The number of ether oxygens (including phenoxy) is 2. The van der Waals surface area contributed by atoms with Gasteiger partial charge in [-0.25, -0.2) is 4.79 Å². The predicted octanol–water partition coefficient (Wildman–Crippen LogP) is 2.85. The Bertz CT molecular complexity index is 717. The van der Waals surface area contributed by atoms with Gasteiger partial charge in [-0.05, 0) is 62.7 Å². The highest BCUT2D eigenvalue weighted by Gasteiger charge is 2.38. The maximum Gasteiger partial charge on any atom is 0.490 e. The van der Waals surface area contributed by atoms with Crippen LogP contribution >= 0.6 is 0 Å². The summed E-state index contributed by atoms with van der Waals surface area (Å²) in [6.45, 7) is 3.54. The zero-order valence-electron chi connectivity index (χ0n) is 16.8. The summed E-state index contributed by atoms with van der Waals surface area (Å²) in [7, 11) is 1.61. The van der Waals surface area contributed by atoms with Gasteiger partial charge in [0, 0.05) is 18.2 Å². The molecule has 1 saturated carbocycles. The molecule has 1 saturated heterocycles. The van der Waals surface area contributed by atoms with Gasteiger partial charge >= 0.3 is 12.1 Å². The molecule has 2 fully saturated rings. The molecule has 10 heteroatoms. The quantitative estimate of drug-likeness (QED) is 0.613. The van der Waals surface area contributed by atoms with Gasteiger partial charge in [0.1, 0.15) is 11.5 Å². The fraction of sp³-hybridized carbons (Fsp3) is 0.600. The van der Waals surface area contributed by atoms with Crippen LogP contribution in [-0.4, -0.2) is 56.5 Å². The maximum absolute atomic E-state index is 12.4. The maximum atomic E-state index is 12.4. The molecule has 30 heavy (non-hydrogen) atoms. The largest absolute Gasteiger partial charge is 0.497 e. The van der Waals surface area contributed by atoms with Crippen molar-refractivity contribution in [1.82, 2.24) is 10.6 Å². The minimum atomic E-state index is -5.08. The van der Waals surface area contributed by atoms with Crippen LogP contribution in [0.2, 0.25) is 0 Å². The van der Waals surface area contributed by atoms with E-state index in [0.29, 0.717) is 28.9 Å². The van der Waals surface area contributed by atoms with E-state index in [0.717, 1.165) is 39.1 Å². The van der Waals surface area contributed by atoms with Gasteiger partial charge in [0.25, 0.3) is 5.91 Å². The second-order valence-electron chi connectivity index (χ2n) is 7.36. The SMILES string of the molecule is COc1cc(OCC2CC2)cc(C(=O)NCC2CCNCC2)c1.O=C(O)C(F)(F)F. The number of aliphatic carboxylic acids is 1. The highest BCUT2D eigenvalue weighted by molar-refractivity contribution is 5.95. The highest BCUT2D eigenvalue weighted by atomic mass is 19.4. The fourth-order valence-corrected chi connectivity index (χ4v) is 2.83. The summed E-state index contributed by atoms with van der Waals surface area (Å²) in [5.74, 6) is -0.199. The molecule has 168 valence electrons. The highest BCUT2D eigenvalue weighted by Crippen LogP contribution is 2.30. The van der Waals surface area contributed by atoms with Crippen molar-refractivity contribution in [2.24, 2.45) is 11.8 Å². The Morgan fingerprint density at radius 1 is 1.10 bits per heavy atom. The fourth-order valence-electron chi connectivity index (χ4n) is 2.83. The van der Waals surface area contributed by atoms with Gasteiger partial charge in [0.2, 0.25) is 0 Å². The van der Waals surface area contributed by atoms with Gasteiger partial charge in [0.15, 0.2) is 0 Å². The molecule has 1 aromatic rings. The second kappa shape index (κ2) is 11.1. The van der Waals surface area contributed by atoms with Crippen LogP contribution < -0.4 is 20.1 Å². The first-order valence-corrected chi connectivity index (χ1v) is 9.80. The lowest BCUT2D eigenvalue weighted by Gasteiger charge is -2.22. The van der Waals surface area contributed by atoms with E-state index in [-0.39, 0.29) is 5.91 Å². The smallest absolute Gasteiger partial charge is 0.490 e. The Morgan fingerprint density at radius 3 is 2.23 bits per heavy atom. The number of amides is 1. The van der Waals surface area contributed by atoms with Crippen LogP contribution in [0, 0.1) is 11.8 Å². The molecule has 0 bridgehead atoms. The molecule has 1 aromatic carbocycles. The molecule has 3 N–H and O–H groups in total. The topological polar surface area (TPSA) is 96.9 Å². The number of carboxylic acid groups (broad SMARTS) is 1. The Morgan fingerprint density at radius 2 is 1.70 bits per heavy atom. The van der Waals surface area contributed by atoms with Gasteiger partial charge < -0.3 is 25.2 Å². The molecular weight excluding hydrogens is 405 g/mol. The van der Waals surface area contributed by atoms with E-state index in [1.807, 2.05) is 12.1 Å². The normalized spacial score (nSPS) is 16.8. The number of carbonyl (C=O) groups excluding carboxylic acids is 1. The summed E-state index contributed by atoms with van der Waals surface area (Å²) < 4.78 is 42.8. The molecule has 7 nitrogen and oxygen atoms in total. The number of carboxylic acids is 1.